The third-order valence-electron chi connectivity index (χ3n) is 9.09. The Bertz CT molecular complexity index is 1190. The van der Waals surface area contributed by atoms with Crippen molar-refractivity contribution < 1.29 is 0 Å². The second kappa shape index (κ2) is 19.4. The second-order valence-corrected chi connectivity index (χ2v) is 13.9. The summed E-state index contributed by atoms with van der Waals surface area (Å²) in [5.41, 5.74) is 5.03. The third kappa shape index (κ3) is 11.0. The molecule has 2 aliphatic heterocycles. The SMILES string of the molecule is CCCCCCCCCCCCCCCCCc1cc2nc3ccc(N4CCCCCC4)cc3sc-2cc1=NCCC. The molecule has 0 saturated carbocycles. The van der Waals surface area contributed by atoms with Crippen molar-refractivity contribution in [3.8, 4) is 10.6 Å². The molecule has 0 radical (unpaired) electrons. The van der Waals surface area contributed by atoms with Gasteiger partial charge in [0.2, 0.25) is 0 Å². The number of aromatic nitrogens is 1. The first kappa shape index (κ1) is 33.0. The van der Waals surface area contributed by atoms with Gasteiger partial charge in [-0.3, -0.25) is 4.99 Å². The van der Waals surface area contributed by atoms with Gasteiger partial charge >= 0.3 is 0 Å². The van der Waals surface area contributed by atoms with Crippen LogP contribution in [0, 0.1) is 0 Å². The number of hydrogen-bond donors (Lipinski definition) is 0. The van der Waals surface area contributed by atoms with Gasteiger partial charge in [-0.05, 0) is 68.0 Å². The predicted molar refractivity (Wildman–Crippen MR) is 186 cm³/mol. The van der Waals surface area contributed by atoms with Crippen LogP contribution in [0.3, 0.4) is 0 Å². The number of unbranched alkanes of at least 4 members (excludes halogenated alkanes) is 14. The summed E-state index contributed by atoms with van der Waals surface area (Å²) in [6.45, 7) is 7.79. The highest BCUT2D eigenvalue weighted by Crippen LogP contribution is 2.33. The van der Waals surface area contributed by atoms with E-state index >= 15 is 0 Å². The lowest BCUT2D eigenvalue weighted by molar-refractivity contribution is 0.532. The van der Waals surface area contributed by atoms with Crippen LogP contribution in [-0.2, 0) is 6.42 Å². The highest BCUT2D eigenvalue weighted by Gasteiger charge is 2.14. The van der Waals surface area contributed by atoms with Crippen molar-refractivity contribution in [2.24, 2.45) is 4.99 Å². The minimum absolute atomic E-state index is 0.905. The van der Waals surface area contributed by atoms with Crippen LogP contribution in [0.4, 0.5) is 5.69 Å². The minimum atomic E-state index is 0.905. The lowest BCUT2D eigenvalue weighted by Gasteiger charge is -2.23. The Kier molecular flexibility index (Phi) is 15.2. The fourth-order valence-corrected chi connectivity index (χ4v) is 7.50. The predicted octanol–water partition coefficient (Wildman–Crippen LogP) is 11.5. The Morgan fingerprint density at radius 3 is 1.93 bits per heavy atom. The van der Waals surface area contributed by atoms with Crippen LogP contribution in [0.15, 0.2) is 35.3 Å². The molecule has 1 aliphatic carbocycles. The Morgan fingerprint density at radius 2 is 1.31 bits per heavy atom. The van der Waals surface area contributed by atoms with E-state index in [9.17, 15) is 0 Å². The summed E-state index contributed by atoms with van der Waals surface area (Å²) in [4.78, 5) is 14.0. The van der Waals surface area contributed by atoms with Crippen LogP contribution < -0.4 is 10.3 Å². The third-order valence-corrected chi connectivity index (χ3v) is 10.2. The average Bonchev–Trinajstić information content (AvgIpc) is 3.30. The molecule has 3 nitrogen and oxygen atoms in total. The number of hydrogen-bond acceptors (Lipinski definition) is 4. The average molecular weight is 590 g/mol. The van der Waals surface area contributed by atoms with Crippen molar-refractivity contribution in [1.82, 2.24) is 4.98 Å². The van der Waals surface area contributed by atoms with Crippen molar-refractivity contribution in [3.63, 3.8) is 0 Å². The van der Waals surface area contributed by atoms with Crippen LogP contribution in [0.5, 0.6) is 0 Å². The summed E-state index contributed by atoms with van der Waals surface area (Å²) < 4.78 is 1.29. The maximum Gasteiger partial charge on any atom is 0.0814 e. The molecule has 0 N–H and O–H groups in total. The monoisotopic (exact) mass is 589 g/mol. The van der Waals surface area contributed by atoms with Crippen molar-refractivity contribution >= 4 is 27.2 Å². The van der Waals surface area contributed by atoms with E-state index in [-0.39, 0.29) is 0 Å². The van der Waals surface area contributed by atoms with Gasteiger partial charge < -0.3 is 4.90 Å². The van der Waals surface area contributed by atoms with Crippen molar-refractivity contribution in [3.05, 3.63) is 41.3 Å². The largest absolute Gasteiger partial charge is 0.371 e. The lowest BCUT2D eigenvalue weighted by atomic mass is 10.0. The molecule has 4 rings (SSSR count). The van der Waals surface area contributed by atoms with E-state index in [1.165, 1.54) is 161 Å². The first-order chi connectivity index (χ1) is 20.8. The van der Waals surface area contributed by atoms with E-state index < -0.39 is 0 Å². The zero-order valence-electron chi connectivity index (χ0n) is 27.1. The first-order valence-electron chi connectivity index (χ1n) is 17.9. The lowest BCUT2D eigenvalue weighted by Crippen LogP contribution is -2.23. The van der Waals surface area contributed by atoms with E-state index in [0.29, 0.717) is 0 Å². The van der Waals surface area contributed by atoms with E-state index in [1.807, 2.05) is 11.3 Å². The molecule has 3 aliphatic rings. The van der Waals surface area contributed by atoms with Crippen molar-refractivity contribution in [1.29, 1.82) is 0 Å². The Labute approximate surface area is 261 Å². The molecule has 1 aromatic rings. The summed E-state index contributed by atoms with van der Waals surface area (Å²) >= 11 is 1.89. The van der Waals surface area contributed by atoms with E-state index in [1.54, 1.807) is 0 Å². The summed E-state index contributed by atoms with van der Waals surface area (Å²) in [7, 11) is 0. The topological polar surface area (TPSA) is 28.5 Å². The molecule has 232 valence electrons. The van der Waals surface area contributed by atoms with Crippen LogP contribution in [0.1, 0.15) is 148 Å². The fraction of sp³-hybridized carbons (Fsp3) is 0.684. The van der Waals surface area contributed by atoms with Gasteiger partial charge in [0.1, 0.15) is 0 Å². The summed E-state index contributed by atoms with van der Waals surface area (Å²) in [6.07, 6.45) is 28.7. The number of nitrogens with zero attached hydrogens (tertiary/aromatic N) is 3. The van der Waals surface area contributed by atoms with Gasteiger partial charge in [0, 0.05) is 25.3 Å². The highest BCUT2D eigenvalue weighted by molar-refractivity contribution is 7.21. The van der Waals surface area contributed by atoms with Gasteiger partial charge in [0.05, 0.1) is 26.1 Å². The van der Waals surface area contributed by atoms with Crippen LogP contribution in [0.25, 0.3) is 20.8 Å². The first-order valence-corrected chi connectivity index (χ1v) is 18.7. The maximum absolute atomic E-state index is 5.14. The quantitative estimate of drug-likeness (QED) is 0.103. The van der Waals surface area contributed by atoms with Gasteiger partial charge in [-0.1, -0.05) is 117 Å². The molecule has 1 saturated heterocycles. The van der Waals surface area contributed by atoms with Crippen molar-refractivity contribution in [2.75, 3.05) is 24.5 Å². The molecule has 0 unspecified atom stereocenters. The van der Waals surface area contributed by atoms with Crippen LogP contribution in [0.2, 0.25) is 0 Å². The van der Waals surface area contributed by atoms with Gasteiger partial charge in [0.25, 0.3) is 0 Å². The van der Waals surface area contributed by atoms with Crippen molar-refractivity contribution in [2.45, 2.75) is 149 Å². The molecule has 0 atom stereocenters. The highest BCUT2D eigenvalue weighted by atomic mass is 32.1. The Hall–Kier alpha value is -1.94. The number of fused-ring (bicyclic) bond motifs is 2. The number of rotatable bonds is 19. The van der Waals surface area contributed by atoms with Gasteiger partial charge in [-0.2, -0.15) is 0 Å². The molecule has 2 heterocycles. The molecule has 1 fully saturated rings. The van der Waals surface area contributed by atoms with Gasteiger partial charge in [-0.25, -0.2) is 4.98 Å². The zero-order chi connectivity index (χ0) is 29.2. The standard InChI is InChI=1S/C38H59N3S/c1-3-5-6-7-8-9-10-11-12-13-14-15-16-17-20-23-32-29-36-38(31-35(32)39-26-4-2)42-37-30-33(24-25-34(37)40-36)41-27-21-18-19-22-28-41/h24-25,29-31H,3-23,26-28H2,1-2H3. The molecular formula is C38H59N3S. The smallest absolute Gasteiger partial charge is 0.0814 e. The van der Waals surface area contributed by atoms with Gasteiger partial charge in [0.15, 0.2) is 0 Å². The minimum Gasteiger partial charge on any atom is -0.371 e. The fourth-order valence-electron chi connectivity index (χ4n) is 6.49. The number of anilines is 1. The molecular weight excluding hydrogens is 531 g/mol. The summed E-state index contributed by atoms with van der Waals surface area (Å²) in [5.74, 6) is 0. The summed E-state index contributed by atoms with van der Waals surface area (Å²) in [5, 5.41) is 1.20. The Balaban J connectivity index is 1.25. The second-order valence-electron chi connectivity index (χ2n) is 12.8. The molecule has 0 amide bonds. The van der Waals surface area contributed by atoms with Crippen LogP contribution in [-0.4, -0.2) is 24.6 Å². The van der Waals surface area contributed by atoms with E-state index in [2.05, 4.69) is 49.1 Å². The number of aryl methyl sites for hydroxylation is 1. The Morgan fingerprint density at radius 1 is 0.690 bits per heavy atom. The molecule has 0 bridgehead atoms. The molecule has 0 spiro atoms. The van der Waals surface area contributed by atoms with E-state index in [0.717, 1.165) is 30.6 Å². The molecule has 1 aromatic carbocycles. The maximum atomic E-state index is 5.14. The number of benzene rings is 2. The normalized spacial score (nSPS) is 14.7. The van der Waals surface area contributed by atoms with E-state index in [4.69, 9.17) is 9.98 Å². The zero-order valence-corrected chi connectivity index (χ0v) is 27.9. The van der Waals surface area contributed by atoms with Crippen LogP contribution >= 0.6 is 11.3 Å². The van der Waals surface area contributed by atoms with Gasteiger partial charge in [-0.15, -0.1) is 11.3 Å². The summed E-state index contributed by atoms with van der Waals surface area (Å²) in [6, 6.07) is 11.6. The molecule has 4 heteroatoms. The molecule has 42 heavy (non-hydrogen) atoms. The molecule has 0 aromatic heterocycles.